The summed E-state index contributed by atoms with van der Waals surface area (Å²) < 4.78 is 29.7. The van der Waals surface area contributed by atoms with Gasteiger partial charge in [-0.15, -0.1) is 0 Å². The van der Waals surface area contributed by atoms with E-state index in [1.54, 1.807) is 36.4 Å². The Balaban J connectivity index is 2.38. The van der Waals surface area contributed by atoms with Gasteiger partial charge in [-0.3, -0.25) is 4.72 Å². The average molecular weight is 484 g/mol. The van der Waals surface area contributed by atoms with Gasteiger partial charge in [0.1, 0.15) is 0 Å². The Bertz CT molecular complexity index is 760. The number of anilines is 1. The SMILES string of the molecule is Cc1cc(S(=O)(=O)Nc2ccc(Br)cc2Br)ccc1Br. The molecule has 0 unspecified atom stereocenters. The minimum absolute atomic E-state index is 0.230. The molecule has 2 aromatic carbocycles. The Kier molecular flexibility index (Phi) is 4.94. The smallest absolute Gasteiger partial charge is 0.261 e. The first-order chi connectivity index (χ1) is 9.29. The largest absolute Gasteiger partial charge is 0.278 e. The van der Waals surface area contributed by atoms with E-state index < -0.39 is 10.0 Å². The zero-order valence-electron chi connectivity index (χ0n) is 10.3. The third-order valence-electron chi connectivity index (χ3n) is 2.62. The van der Waals surface area contributed by atoms with E-state index in [9.17, 15) is 8.42 Å². The van der Waals surface area contributed by atoms with Crippen molar-refractivity contribution in [3.63, 3.8) is 0 Å². The second kappa shape index (κ2) is 6.17. The van der Waals surface area contributed by atoms with Crippen LogP contribution in [0.3, 0.4) is 0 Å². The highest BCUT2D eigenvalue weighted by molar-refractivity contribution is 9.11. The number of aryl methyl sites for hydroxylation is 1. The Labute approximate surface area is 143 Å². The zero-order chi connectivity index (χ0) is 14.9. The molecule has 2 rings (SSSR count). The molecule has 0 aliphatic rings. The molecule has 0 fully saturated rings. The van der Waals surface area contributed by atoms with Gasteiger partial charge in [0.25, 0.3) is 10.0 Å². The molecule has 0 aliphatic carbocycles. The molecule has 3 nitrogen and oxygen atoms in total. The summed E-state index contributed by atoms with van der Waals surface area (Å²) in [6.45, 7) is 1.85. The van der Waals surface area contributed by atoms with Crippen LogP contribution >= 0.6 is 47.8 Å². The Hall–Kier alpha value is -0.370. The monoisotopic (exact) mass is 481 g/mol. The highest BCUT2D eigenvalue weighted by atomic mass is 79.9. The van der Waals surface area contributed by atoms with Gasteiger partial charge in [-0.1, -0.05) is 31.9 Å². The molecular formula is C13H10Br3NO2S. The molecule has 0 spiro atoms. The highest BCUT2D eigenvalue weighted by Crippen LogP contribution is 2.29. The number of nitrogens with one attached hydrogen (secondary N) is 1. The normalized spacial score (nSPS) is 11.4. The second-order valence-corrected chi connectivity index (χ2v) is 8.45. The quantitative estimate of drug-likeness (QED) is 0.661. The molecule has 7 heteroatoms. The fourth-order valence-electron chi connectivity index (χ4n) is 1.56. The van der Waals surface area contributed by atoms with Crippen molar-refractivity contribution in [2.75, 3.05) is 4.72 Å². The molecule has 1 N–H and O–H groups in total. The van der Waals surface area contributed by atoms with Crippen molar-refractivity contribution >= 4 is 63.5 Å². The van der Waals surface area contributed by atoms with Crippen molar-refractivity contribution in [2.24, 2.45) is 0 Å². The molecule has 0 heterocycles. The summed E-state index contributed by atoms with van der Waals surface area (Å²) in [5.41, 5.74) is 1.36. The van der Waals surface area contributed by atoms with Crippen LogP contribution in [-0.4, -0.2) is 8.42 Å². The fourth-order valence-corrected chi connectivity index (χ4v) is 4.25. The number of sulfonamides is 1. The minimum atomic E-state index is -3.60. The predicted molar refractivity (Wildman–Crippen MR) is 91.5 cm³/mol. The van der Waals surface area contributed by atoms with Crippen LogP contribution in [0.25, 0.3) is 0 Å². The van der Waals surface area contributed by atoms with E-state index in [-0.39, 0.29) is 4.90 Å². The van der Waals surface area contributed by atoms with Crippen LogP contribution in [0.1, 0.15) is 5.56 Å². The van der Waals surface area contributed by atoms with E-state index in [1.165, 1.54) is 0 Å². The lowest BCUT2D eigenvalue weighted by Gasteiger charge is -2.11. The maximum atomic E-state index is 12.3. The molecule has 106 valence electrons. The van der Waals surface area contributed by atoms with Crippen molar-refractivity contribution in [1.29, 1.82) is 0 Å². The molecule has 0 bridgehead atoms. The van der Waals surface area contributed by atoms with E-state index in [2.05, 4.69) is 52.5 Å². The minimum Gasteiger partial charge on any atom is -0.278 e. The van der Waals surface area contributed by atoms with E-state index in [0.717, 1.165) is 14.5 Å². The third-order valence-corrected chi connectivity index (χ3v) is 6.02. The summed E-state index contributed by atoms with van der Waals surface area (Å²) in [7, 11) is -3.60. The third kappa shape index (κ3) is 3.63. The maximum absolute atomic E-state index is 12.3. The van der Waals surface area contributed by atoms with Crippen molar-refractivity contribution in [2.45, 2.75) is 11.8 Å². The first-order valence-corrected chi connectivity index (χ1v) is 9.40. The number of hydrogen-bond acceptors (Lipinski definition) is 2. The predicted octanol–water partition coefficient (Wildman–Crippen LogP) is 5.08. The van der Waals surface area contributed by atoms with E-state index in [0.29, 0.717) is 10.2 Å². The van der Waals surface area contributed by atoms with Crippen LogP contribution in [0, 0.1) is 6.92 Å². The molecule has 0 saturated carbocycles. The highest BCUT2D eigenvalue weighted by Gasteiger charge is 2.16. The van der Waals surface area contributed by atoms with Crippen LogP contribution < -0.4 is 4.72 Å². The summed E-state index contributed by atoms with van der Waals surface area (Å²) in [6.07, 6.45) is 0. The zero-order valence-corrected chi connectivity index (χ0v) is 15.9. The Morgan fingerprint density at radius 1 is 0.950 bits per heavy atom. The first kappa shape index (κ1) is 16.0. The van der Waals surface area contributed by atoms with Gasteiger partial charge in [0, 0.05) is 13.4 Å². The van der Waals surface area contributed by atoms with Crippen LogP contribution in [0.15, 0.2) is 54.7 Å². The van der Waals surface area contributed by atoms with Crippen molar-refractivity contribution < 1.29 is 8.42 Å². The molecule has 20 heavy (non-hydrogen) atoms. The van der Waals surface area contributed by atoms with E-state index >= 15 is 0 Å². The molecular weight excluding hydrogens is 474 g/mol. The number of hydrogen-bond donors (Lipinski definition) is 1. The second-order valence-electron chi connectivity index (χ2n) is 4.14. The molecule has 2 aromatic rings. The van der Waals surface area contributed by atoms with Crippen molar-refractivity contribution in [3.8, 4) is 0 Å². The lowest BCUT2D eigenvalue weighted by molar-refractivity contribution is 0.601. The summed E-state index contributed by atoms with van der Waals surface area (Å²) in [6, 6.07) is 10.2. The van der Waals surface area contributed by atoms with Crippen LogP contribution in [0.5, 0.6) is 0 Å². The first-order valence-electron chi connectivity index (χ1n) is 5.53. The van der Waals surface area contributed by atoms with Gasteiger partial charge in [0.15, 0.2) is 0 Å². The van der Waals surface area contributed by atoms with Gasteiger partial charge in [-0.05, 0) is 64.8 Å². The molecule has 0 saturated heterocycles. The Morgan fingerprint density at radius 2 is 1.65 bits per heavy atom. The topological polar surface area (TPSA) is 46.2 Å². The van der Waals surface area contributed by atoms with Gasteiger partial charge in [0.05, 0.1) is 10.6 Å². The summed E-state index contributed by atoms with van der Waals surface area (Å²) in [5.74, 6) is 0. The summed E-state index contributed by atoms with van der Waals surface area (Å²) in [5, 5.41) is 0. The van der Waals surface area contributed by atoms with Gasteiger partial charge in [-0.25, -0.2) is 8.42 Å². The number of rotatable bonds is 3. The number of halogens is 3. The van der Waals surface area contributed by atoms with Gasteiger partial charge in [0.2, 0.25) is 0 Å². The van der Waals surface area contributed by atoms with E-state index in [4.69, 9.17) is 0 Å². The molecule has 0 aliphatic heterocycles. The van der Waals surface area contributed by atoms with E-state index in [1.807, 2.05) is 6.92 Å². The van der Waals surface area contributed by atoms with Gasteiger partial charge < -0.3 is 0 Å². The molecule has 0 aromatic heterocycles. The van der Waals surface area contributed by atoms with Crippen LogP contribution in [0.2, 0.25) is 0 Å². The lowest BCUT2D eigenvalue weighted by Crippen LogP contribution is -2.13. The number of benzene rings is 2. The lowest BCUT2D eigenvalue weighted by atomic mass is 10.2. The maximum Gasteiger partial charge on any atom is 0.261 e. The Morgan fingerprint density at radius 3 is 2.25 bits per heavy atom. The summed E-state index contributed by atoms with van der Waals surface area (Å²) >= 11 is 10.0. The van der Waals surface area contributed by atoms with Gasteiger partial charge >= 0.3 is 0 Å². The van der Waals surface area contributed by atoms with Crippen LogP contribution in [-0.2, 0) is 10.0 Å². The standard InChI is InChI=1S/C13H10Br3NO2S/c1-8-6-10(3-4-11(8)15)20(18,19)17-13-5-2-9(14)7-12(13)16/h2-7,17H,1H3. The van der Waals surface area contributed by atoms with Crippen molar-refractivity contribution in [3.05, 3.63) is 55.4 Å². The molecule has 0 amide bonds. The fraction of sp³-hybridized carbons (Fsp3) is 0.0769. The van der Waals surface area contributed by atoms with Crippen molar-refractivity contribution in [1.82, 2.24) is 0 Å². The van der Waals surface area contributed by atoms with Gasteiger partial charge in [-0.2, -0.15) is 0 Å². The van der Waals surface area contributed by atoms with Crippen LogP contribution in [0.4, 0.5) is 5.69 Å². The summed E-state index contributed by atoms with van der Waals surface area (Å²) in [4.78, 5) is 0.230. The average Bonchev–Trinajstić information content (AvgIpc) is 2.36. The molecule has 0 atom stereocenters. The molecule has 0 radical (unpaired) electrons.